The first-order chi connectivity index (χ1) is 8.56. The summed E-state index contributed by atoms with van der Waals surface area (Å²) in [7, 11) is 0. The molecule has 0 aliphatic heterocycles. The molecule has 0 radical (unpaired) electrons. The number of nitrogens with one attached hydrogen (secondary N) is 1. The lowest BCUT2D eigenvalue weighted by Gasteiger charge is -2.04. The van der Waals surface area contributed by atoms with Crippen molar-refractivity contribution in [3.05, 3.63) is 40.2 Å². The second-order valence-electron chi connectivity index (χ2n) is 3.82. The van der Waals surface area contributed by atoms with E-state index in [9.17, 15) is 9.59 Å². The van der Waals surface area contributed by atoms with Crippen molar-refractivity contribution < 1.29 is 4.79 Å². The summed E-state index contributed by atoms with van der Waals surface area (Å²) >= 11 is 0.987. The Morgan fingerprint density at radius 3 is 2.67 bits per heavy atom. The van der Waals surface area contributed by atoms with Gasteiger partial charge in [-0.05, 0) is 24.3 Å². The average Bonchev–Trinajstić information content (AvgIpc) is 2.65. The van der Waals surface area contributed by atoms with Crippen molar-refractivity contribution in [3.8, 4) is 11.1 Å². The number of rotatable bonds is 1. The van der Waals surface area contributed by atoms with E-state index in [4.69, 9.17) is 5.73 Å². The molecule has 3 N–H and O–H groups in total. The van der Waals surface area contributed by atoms with Crippen LogP contribution in [-0.4, -0.2) is 21.3 Å². The van der Waals surface area contributed by atoms with Gasteiger partial charge in [0.2, 0.25) is 0 Å². The van der Waals surface area contributed by atoms with Crippen LogP contribution in [0.25, 0.3) is 11.1 Å². The van der Waals surface area contributed by atoms with Gasteiger partial charge in [-0.15, -0.1) is 0 Å². The fourth-order valence-electron chi connectivity index (χ4n) is 1.79. The summed E-state index contributed by atoms with van der Waals surface area (Å²) in [6.45, 7) is 1.89. The van der Waals surface area contributed by atoms with Gasteiger partial charge in [-0.25, -0.2) is 0 Å². The molecule has 0 unspecified atom stereocenters. The summed E-state index contributed by atoms with van der Waals surface area (Å²) < 4.78 is 1.08. The number of nitrogens with two attached hydrogens (primary N) is 1. The molecule has 0 amide bonds. The molecule has 0 aliphatic carbocycles. The average molecular weight is 263 g/mol. The molecule has 0 fully saturated rings. The van der Waals surface area contributed by atoms with Gasteiger partial charge in [0.05, 0.1) is 5.56 Å². The summed E-state index contributed by atoms with van der Waals surface area (Å²) in [4.78, 5) is 23.5. The number of aryl methyl sites for hydroxylation is 1. The number of aromatic nitrogens is 2. The predicted octanol–water partition coefficient (Wildman–Crippen LogP) is 2.07. The number of aromatic amines is 1. The Hall–Kier alpha value is -1.95. The van der Waals surface area contributed by atoms with E-state index >= 15 is 0 Å². The van der Waals surface area contributed by atoms with Crippen LogP contribution in [0.1, 0.15) is 5.56 Å². The minimum Gasteiger partial charge on any atom is -0.383 e. The van der Waals surface area contributed by atoms with E-state index in [2.05, 4.69) is 5.10 Å². The summed E-state index contributed by atoms with van der Waals surface area (Å²) in [6.07, 6.45) is 1.63. The van der Waals surface area contributed by atoms with Crippen LogP contribution in [0, 0.1) is 6.92 Å². The van der Waals surface area contributed by atoms with Crippen molar-refractivity contribution in [1.29, 1.82) is 0 Å². The number of hydrogen-bond acceptors (Lipinski definition) is 4. The molecule has 2 aromatic rings. The molecule has 0 atom stereocenters. The molecule has 0 saturated carbocycles. The Labute approximate surface area is 108 Å². The van der Waals surface area contributed by atoms with Gasteiger partial charge in [-0.2, -0.15) is 4.68 Å². The molecule has 1 aromatic heterocycles. The van der Waals surface area contributed by atoms with Crippen molar-refractivity contribution in [1.82, 2.24) is 9.78 Å². The van der Waals surface area contributed by atoms with E-state index in [1.54, 1.807) is 6.26 Å². The Morgan fingerprint density at radius 1 is 1.39 bits per heavy atom. The minimum atomic E-state index is -0.357. The van der Waals surface area contributed by atoms with E-state index in [-0.39, 0.29) is 16.6 Å². The van der Waals surface area contributed by atoms with Crippen molar-refractivity contribution in [2.75, 3.05) is 12.0 Å². The third kappa shape index (κ3) is 1.95. The van der Waals surface area contributed by atoms with Crippen LogP contribution in [0.4, 0.5) is 10.6 Å². The van der Waals surface area contributed by atoms with E-state index in [0.717, 1.165) is 27.6 Å². The Bertz CT molecular complexity index is 658. The van der Waals surface area contributed by atoms with Crippen LogP contribution in [0.15, 0.2) is 29.1 Å². The molecule has 0 saturated heterocycles. The van der Waals surface area contributed by atoms with E-state index in [0.29, 0.717) is 5.56 Å². The van der Waals surface area contributed by atoms with Crippen LogP contribution in [0.5, 0.6) is 0 Å². The first kappa shape index (κ1) is 12.5. The molecule has 2 rings (SSSR count). The number of carbonyl (C=O) groups excluding carboxylic acids is 1. The maximum Gasteiger partial charge on any atom is 0.305 e. The van der Waals surface area contributed by atoms with Crippen molar-refractivity contribution in [2.45, 2.75) is 6.92 Å². The lowest BCUT2D eigenvalue weighted by Crippen LogP contribution is -2.12. The van der Waals surface area contributed by atoms with Gasteiger partial charge in [0, 0.05) is 0 Å². The maximum atomic E-state index is 11.9. The molecule has 1 aromatic carbocycles. The quantitative estimate of drug-likeness (QED) is 0.825. The normalized spacial score (nSPS) is 10.6. The van der Waals surface area contributed by atoms with Crippen molar-refractivity contribution in [3.63, 3.8) is 0 Å². The Morgan fingerprint density at radius 2 is 2.06 bits per heavy atom. The molecule has 1 heterocycles. The molecule has 94 valence electrons. The fraction of sp³-hybridized carbons (Fsp3) is 0.167. The molecule has 5 nitrogen and oxygen atoms in total. The number of H-pyrrole nitrogens is 1. The topological polar surface area (TPSA) is 80.9 Å². The molecule has 6 heteroatoms. The number of carbonyl (C=O) groups is 1. The van der Waals surface area contributed by atoms with E-state index in [1.807, 2.05) is 31.2 Å². The van der Waals surface area contributed by atoms with Gasteiger partial charge < -0.3 is 5.73 Å². The Balaban J connectivity index is 2.67. The third-order valence-corrected chi connectivity index (χ3v) is 3.24. The predicted molar refractivity (Wildman–Crippen MR) is 73.9 cm³/mol. The van der Waals surface area contributed by atoms with Crippen molar-refractivity contribution in [2.24, 2.45) is 0 Å². The molecular weight excluding hydrogens is 250 g/mol. The highest BCUT2D eigenvalue weighted by Gasteiger charge is 2.18. The molecule has 0 spiro atoms. The zero-order valence-electron chi connectivity index (χ0n) is 10.1. The van der Waals surface area contributed by atoms with Crippen molar-refractivity contribution >= 4 is 22.8 Å². The van der Waals surface area contributed by atoms with E-state index in [1.165, 1.54) is 0 Å². The number of hydrogen-bond donors (Lipinski definition) is 2. The zero-order valence-corrected chi connectivity index (χ0v) is 10.9. The van der Waals surface area contributed by atoms with Crippen LogP contribution >= 0.6 is 11.8 Å². The first-order valence-corrected chi connectivity index (χ1v) is 6.53. The number of anilines is 1. The van der Waals surface area contributed by atoms with Crippen LogP contribution in [-0.2, 0) is 0 Å². The lowest BCUT2D eigenvalue weighted by atomic mass is 10.0. The van der Waals surface area contributed by atoms with Gasteiger partial charge in [-0.3, -0.25) is 14.7 Å². The zero-order chi connectivity index (χ0) is 13.3. The smallest absolute Gasteiger partial charge is 0.305 e. The highest BCUT2D eigenvalue weighted by molar-refractivity contribution is 8.13. The Kier molecular flexibility index (Phi) is 3.29. The second kappa shape index (κ2) is 4.73. The molecular formula is C12H13N3O2S. The standard InChI is InChI=1S/C12H13N3O2S/c1-7-5-3-4-6-8(7)9-10(13)15(12(17)18-2)14-11(9)16/h3-6H,13H2,1-2H3,(H,14,16). The maximum absolute atomic E-state index is 11.9. The lowest BCUT2D eigenvalue weighted by molar-refractivity contribution is 0.260. The second-order valence-corrected chi connectivity index (χ2v) is 4.58. The number of thioether (sulfide) groups is 1. The van der Waals surface area contributed by atoms with Crippen LogP contribution in [0.2, 0.25) is 0 Å². The minimum absolute atomic E-state index is 0.147. The van der Waals surface area contributed by atoms with Crippen LogP contribution in [0.3, 0.4) is 0 Å². The summed E-state index contributed by atoms with van der Waals surface area (Å²) in [5, 5.41) is 2.14. The molecule has 0 aliphatic rings. The summed E-state index contributed by atoms with van der Waals surface area (Å²) in [6, 6.07) is 7.41. The van der Waals surface area contributed by atoms with Gasteiger partial charge in [0.15, 0.2) is 0 Å². The number of nitrogens with zero attached hydrogens (tertiary/aromatic N) is 1. The fourth-order valence-corrected chi connectivity index (χ4v) is 2.12. The van der Waals surface area contributed by atoms with Gasteiger partial charge >= 0.3 is 5.24 Å². The molecule has 0 bridgehead atoms. The highest BCUT2D eigenvalue weighted by Crippen LogP contribution is 2.25. The number of benzene rings is 1. The summed E-state index contributed by atoms with van der Waals surface area (Å²) in [5.41, 5.74) is 7.54. The van der Waals surface area contributed by atoms with E-state index < -0.39 is 0 Å². The highest BCUT2D eigenvalue weighted by atomic mass is 32.2. The van der Waals surface area contributed by atoms with Gasteiger partial charge in [0.25, 0.3) is 5.56 Å². The molecule has 18 heavy (non-hydrogen) atoms. The largest absolute Gasteiger partial charge is 0.383 e. The van der Waals surface area contributed by atoms with Gasteiger partial charge in [-0.1, -0.05) is 36.0 Å². The third-order valence-electron chi connectivity index (χ3n) is 2.71. The van der Waals surface area contributed by atoms with Gasteiger partial charge in [0.1, 0.15) is 5.82 Å². The first-order valence-electron chi connectivity index (χ1n) is 5.31. The number of nitrogen functional groups attached to an aromatic ring is 1. The van der Waals surface area contributed by atoms with Crippen LogP contribution < -0.4 is 11.3 Å². The monoisotopic (exact) mass is 263 g/mol. The summed E-state index contributed by atoms with van der Waals surface area (Å²) in [5.74, 6) is 0.147. The SMILES string of the molecule is CSC(=O)n1[nH]c(=O)c(-c2ccccc2C)c1N.